The lowest BCUT2D eigenvalue weighted by molar-refractivity contribution is 0.548. The fourth-order valence-corrected chi connectivity index (χ4v) is 3.08. The summed E-state index contributed by atoms with van der Waals surface area (Å²) < 4.78 is 0. The quantitative estimate of drug-likeness (QED) is 0.795. The lowest BCUT2D eigenvalue weighted by Gasteiger charge is -2.13. The van der Waals surface area contributed by atoms with Crippen LogP contribution in [0.2, 0.25) is 0 Å². The summed E-state index contributed by atoms with van der Waals surface area (Å²) in [7, 11) is 0. The van der Waals surface area contributed by atoms with Gasteiger partial charge in [-0.15, -0.1) is 23.1 Å². The van der Waals surface area contributed by atoms with Gasteiger partial charge >= 0.3 is 0 Å². The zero-order chi connectivity index (χ0) is 12.8. The van der Waals surface area contributed by atoms with Crippen molar-refractivity contribution in [1.82, 2.24) is 5.32 Å². The van der Waals surface area contributed by atoms with Gasteiger partial charge in [0, 0.05) is 22.4 Å². The van der Waals surface area contributed by atoms with Crippen LogP contribution in [-0.2, 0) is 13.0 Å². The number of thioether (sulfide) groups is 1. The molecule has 0 radical (unpaired) electrons. The number of hydrogen-bond acceptors (Lipinski definition) is 3. The predicted octanol–water partition coefficient (Wildman–Crippen LogP) is 4.19. The Morgan fingerprint density at radius 3 is 2.61 bits per heavy atom. The van der Waals surface area contributed by atoms with Crippen molar-refractivity contribution in [2.24, 2.45) is 0 Å². The lowest BCUT2D eigenvalue weighted by Crippen LogP contribution is -2.27. The zero-order valence-electron chi connectivity index (χ0n) is 10.8. The Morgan fingerprint density at radius 1 is 1.22 bits per heavy atom. The molecule has 0 aliphatic rings. The summed E-state index contributed by atoms with van der Waals surface area (Å²) in [6.07, 6.45) is 3.22. The molecule has 0 aliphatic heterocycles. The van der Waals surface area contributed by atoms with E-state index in [4.69, 9.17) is 0 Å². The van der Waals surface area contributed by atoms with Crippen molar-refractivity contribution in [3.63, 3.8) is 0 Å². The summed E-state index contributed by atoms with van der Waals surface area (Å²) in [5.74, 6) is 0. The second kappa shape index (κ2) is 6.98. The predicted molar refractivity (Wildman–Crippen MR) is 82.5 cm³/mol. The third-order valence-corrected chi connectivity index (χ3v) is 4.54. The second-order valence-corrected chi connectivity index (χ2v) is 6.33. The summed E-state index contributed by atoms with van der Waals surface area (Å²) in [6, 6.07) is 13.6. The molecule has 0 fully saturated rings. The molecule has 0 saturated carbocycles. The van der Waals surface area contributed by atoms with Crippen molar-refractivity contribution in [2.75, 3.05) is 6.26 Å². The van der Waals surface area contributed by atoms with E-state index in [1.54, 1.807) is 11.8 Å². The zero-order valence-corrected chi connectivity index (χ0v) is 12.5. The average molecular weight is 277 g/mol. The molecule has 1 unspecified atom stereocenters. The van der Waals surface area contributed by atoms with Crippen LogP contribution in [0.25, 0.3) is 0 Å². The van der Waals surface area contributed by atoms with Crippen molar-refractivity contribution >= 4 is 23.1 Å². The third kappa shape index (κ3) is 4.16. The fraction of sp³-hybridized carbons (Fsp3) is 0.333. The van der Waals surface area contributed by atoms with Crippen LogP contribution in [0.15, 0.2) is 46.7 Å². The number of hydrogen-bond donors (Lipinski definition) is 1. The molecular weight excluding hydrogens is 258 g/mol. The smallest absolute Gasteiger partial charge is 0.0208 e. The van der Waals surface area contributed by atoms with Gasteiger partial charge in [0.15, 0.2) is 0 Å². The first-order valence-electron chi connectivity index (χ1n) is 6.16. The molecule has 3 heteroatoms. The Kier molecular flexibility index (Phi) is 5.29. The van der Waals surface area contributed by atoms with Crippen molar-refractivity contribution in [3.8, 4) is 0 Å². The van der Waals surface area contributed by atoms with Gasteiger partial charge in [0.05, 0.1) is 0 Å². The van der Waals surface area contributed by atoms with Crippen LogP contribution in [0.1, 0.15) is 17.4 Å². The largest absolute Gasteiger partial charge is 0.310 e. The van der Waals surface area contributed by atoms with E-state index in [-0.39, 0.29) is 0 Å². The number of benzene rings is 1. The summed E-state index contributed by atoms with van der Waals surface area (Å²) >= 11 is 3.62. The topological polar surface area (TPSA) is 12.0 Å². The van der Waals surface area contributed by atoms with E-state index < -0.39 is 0 Å². The van der Waals surface area contributed by atoms with Gasteiger partial charge in [0.1, 0.15) is 0 Å². The molecule has 1 aromatic carbocycles. The molecule has 18 heavy (non-hydrogen) atoms. The van der Waals surface area contributed by atoms with E-state index in [1.165, 1.54) is 15.3 Å². The van der Waals surface area contributed by atoms with Gasteiger partial charge in [0.25, 0.3) is 0 Å². The molecule has 2 rings (SSSR count). The van der Waals surface area contributed by atoms with Crippen LogP contribution < -0.4 is 5.32 Å². The maximum absolute atomic E-state index is 3.57. The van der Waals surface area contributed by atoms with Crippen molar-refractivity contribution in [1.29, 1.82) is 0 Å². The molecule has 1 aromatic heterocycles. The number of thiophene rings is 1. The van der Waals surface area contributed by atoms with Gasteiger partial charge < -0.3 is 5.32 Å². The van der Waals surface area contributed by atoms with Crippen LogP contribution >= 0.6 is 23.1 Å². The first-order chi connectivity index (χ1) is 8.78. The Balaban J connectivity index is 1.79. The minimum Gasteiger partial charge on any atom is -0.310 e. The lowest BCUT2D eigenvalue weighted by atomic mass is 10.2. The number of rotatable bonds is 6. The summed E-state index contributed by atoms with van der Waals surface area (Å²) in [5.41, 5.74) is 1.35. The number of nitrogens with one attached hydrogen (secondary N) is 1. The van der Waals surface area contributed by atoms with Crippen molar-refractivity contribution < 1.29 is 0 Å². The Hall–Kier alpha value is -0.770. The van der Waals surface area contributed by atoms with E-state index in [0.717, 1.165) is 13.0 Å². The van der Waals surface area contributed by atoms with Gasteiger partial charge in [-0.05, 0) is 48.7 Å². The SMILES string of the molecule is CSc1ccc(CNC(C)Cc2cccs2)cc1. The normalized spacial score (nSPS) is 12.6. The highest BCUT2D eigenvalue weighted by atomic mass is 32.2. The van der Waals surface area contributed by atoms with Gasteiger partial charge in [-0.3, -0.25) is 0 Å². The molecule has 0 bridgehead atoms. The Morgan fingerprint density at radius 2 is 2.00 bits per heavy atom. The summed E-state index contributed by atoms with van der Waals surface area (Å²) in [4.78, 5) is 2.78. The molecule has 1 nitrogen and oxygen atoms in total. The van der Waals surface area contributed by atoms with Crippen molar-refractivity contribution in [2.45, 2.75) is 30.8 Å². The molecule has 96 valence electrons. The van der Waals surface area contributed by atoms with Crippen LogP contribution in [0.5, 0.6) is 0 Å². The van der Waals surface area contributed by atoms with E-state index in [2.05, 4.69) is 60.3 Å². The highest BCUT2D eigenvalue weighted by molar-refractivity contribution is 7.98. The van der Waals surface area contributed by atoms with E-state index in [1.807, 2.05) is 11.3 Å². The van der Waals surface area contributed by atoms with Crippen LogP contribution in [0.4, 0.5) is 0 Å². The van der Waals surface area contributed by atoms with Crippen LogP contribution in [-0.4, -0.2) is 12.3 Å². The fourth-order valence-electron chi connectivity index (χ4n) is 1.84. The third-order valence-electron chi connectivity index (χ3n) is 2.90. The highest BCUT2D eigenvalue weighted by Gasteiger charge is 2.03. The first-order valence-corrected chi connectivity index (χ1v) is 8.27. The maximum atomic E-state index is 3.57. The average Bonchev–Trinajstić information content (AvgIpc) is 2.90. The Labute approximate surface area is 118 Å². The van der Waals surface area contributed by atoms with Gasteiger partial charge in [-0.1, -0.05) is 18.2 Å². The molecule has 0 amide bonds. The van der Waals surface area contributed by atoms with Crippen LogP contribution in [0.3, 0.4) is 0 Å². The van der Waals surface area contributed by atoms with E-state index in [9.17, 15) is 0 Å². The summed E-state index contributed by atoms with van der Waals surface area (Å²) in [5, 5.41) is 5.72. The monoisotopic (exact) mass is 277 g/mol. The molecule has 1 N–H and O–H groups in total. The van der Waals surface area contributed by atoms with Crippen LogP contribution in [0, 0.1) is 0 Å². The molecule has 0 saturated heterocycles. The minimum atomic E-state index is 0.517. The molecular formula is C15H19NS2. The van der Waals surface area contributed by atoms with Gasteiger partial charge in [-0.2, -0.15) is 0 Å². The first kappa shape index (κ1) is 13.7. The molecule has 0 spiro atoms. The van der Waals surface area contributed by atoms with E-state index >= 15 is 0 Å². The van der Waals surface area contributed by atoms with E-state index in [0.29, 0.717) is 6.04 Å². The van der Waals surface area contributed by atoms with Gasteiger partial charge in [-0.25, -0.2) is 0 Å². The maximum Gasteiger partial charge on any atom is 0.0208 e. The second-order valence-electron chi connectivity index (χ2n) is 4.41. The Bertz CT molecular complexity index is 448. The standard InChI is InChI=1S/C15H19NS2/c1-12(10-15-4-3-9-18-15)16-11-13-5-7-14(17-2)8-6-13/h3-9,12,16H,10-11H2,1-2H3. The molecule has 1 atom stereocenters. The molecule has 2 aromatic rings. The molecule has 1 heterocycles. The minimum absolute atomic E-state index is 0.517. The highest BCUT2D eigenvalue weighted by Crippen LogP contribution is 2.15. The van der Waals surface area contributed by atoms with Crippen molar-refractivity contribution in [3.05, 3.63) is 52.2 Å². The van der Waals surface area contributed by atoms with Gasteiger partial charge in [0.2, 0.25) is 0 Å². The molecule has 0 aliphatic carbocycles. The summed E-state index contributed by atoms with van der Waals surface area (Å²) in [6.45, 7) is 3.19.